The maximum absolute atomic E-state index is 13.7. The van der Waals surface area contributed by atoms with Gasteiger partial charge in [0.2, 0.25) is 11.6 Å². The van der Waals surface area contributed by atoms with Crippen molar-refractivity contribution in [2.45, 2.75) is 43.8 Å². The molecule has 1 aliphatic carbocycles. The maximum Gasteiger partial charge on any atom is 0.354 e. The smallest absolute Gasteiger partial charge is 0.354 e. The summed E-state index contributed by atoms with van der Waals surface area (Å²) >= 11 is 0. The van der Waals surface area contributed by atoms with Crippen molar-refractivity contribution >= 4 is 35.1 Å². The Morgan fingerprint density at radius 2 is 1.86 bits per heavy atom. The van der Waals surface area contributed by atoms with Crippen molar-refractivity contribution in [2.24, 2.45) is 0 Å². The molecule has 0 radical (unpaired) electrons. The van der Waals surface area contributed by atoms with E-state index in [2.05, 4.69) is 0 Å². The van der Waals surface area contributed by atoms with E-state index in [9.17, 15) is 23.6 Å². The van der Waals surface area contributed by atoms with Crippen molar-refractivity contribution in [1.29, 1.82) is 5.26 Å². The Bertz CT molecular complexity index is 1290. The van der Waals surface area contributed by atoms with Crippen LogP contribution in [0.1, 0.15) is 42.5 Å². The molecule has 3 amide bonds. The predicted octanol–water partition coefficient (Wildman–Crippen LogP) is 2.76. The summed E-state index contributed by atoms with van der Waals surface area (Å²) in [6.45, 7) is -0.645. The minimum absolute atomic E-state index is 0.0179. The van der Waals surface area contributed by atoms with Gasteiger partial charge in [-0.1, -0.05) is 12.1 Å². The molecule has 0 unspecified atom stereocenters. The minimum Gasteiger partial charge on any atom is -0.452 e. The van der Waals surface area contributed by atoms with E-state index in [1.165, 1.54) is 39.0 Å². The summed E-state index contributed by atoms with van der Waals surface area (Å²) in [5.74, 6) is -2.59. The van der Waals surface area contributed by atoms with Crippen LogP contribution in [0.5, 0.6) is 0 Å². The molecular weight excluding hydrogens is 467 g/mol. The van der Waals surface area contributed by atoms with Crippen molar-refractivity contribution in [2.75, 3.05) is 23.0 Å². The lowest BCUT2D eigenvalue weighted by molar-refractivity contribution is -0.160. The van der Waals surface area contributed by atoms with Crippen LogP contribution in [0.3, 0.4) is 0 Å². The van der Waals surface area contributed by atoms with Crippen molar-refractivity contribution in [1.82, 2.24) is 4.90 Å². The van der Waals surface area contributed by atoms with Gasteiger partial charge in [0.15, 0.2) is 6.61 Å². The first kappa shape index (κ1) is 23.5. The van der Waals surface area contributed by atoms with Gasteiger partial charge in [0, 0.05) is 31.1 Å². The van der Waals surface area contributed by atoms with Crippen molar-refractivity contribution in [3.8, 4) is 6.07 Å². The fourth-order valence-corrected chi connectivity index (χ4v) is 5.01. The molecule has 2 aromatic carbocycles. The number of para-hydroxylation sites is 1. The molecule has 1 atom stereocenters. The first-order chi connectivity index (χ1) is 17.4. The second-order valence-electron chi connectivity index (χ2n) is 8.98. The highest BCUT2D eigenvalue weighted by atomic mass is 19.1. The van der Waals surface area contributed by atoms with Crippen LogP contribution in [0.2, 0.25) is 0 Å². The van der Waals surface area contributed by atoms with Crippen LogP contribution in [0, 0.1) is 17.1 Å². The third-order valence-electron chi connectivity index (χ3n) is 6.75. The number of carbonyl (C=O) groups is 4. The van der Waals surface area contributed by atoms with Gasteiger partial charge < -0.3 is 14.5 Å². The molecule has 5 rings (SSSR count). The first-order valence-electron chi connectivity index (χ1n) is 11.7. The van der Waals surface area contributed by atoms with Crippen molar-refractivity contribution < 1.29 is 28.3 Å². The van der Waals surface area contributed by atoms with Crippen molar-refractivity contribution in [3.05, 3.63) is 59.9 Å². The monoisotopic (exact) mass is 490 g/mol. The molecule has 2 heterocycles. The molecule has 10 heteroatoms. The molecule has 0 bridgehead atoms. The first-order valence-corrected chi connectivity index (χ1v) is 11.7. The van der Waals surface area contributed by atoms with E-state index in [0.717, 1.165) is 0 Å². The van der Waals surface area contributed by atoms with Crippen molar-refractivity contribution in [3.63, 3.8) is 0 Å². The molecule has 3 aliphatic rings. The lowest BCUT2D eigenvalue weighted by atomic mass is 9.96. The number of ether oxygens (including phenoxy) is 1. The number of nitriles is 1. The standard InChI is InChI=1S/C26H23FN4O5/c27-17-6-8-18(9-7-17)29(15-3-14-28)23(33)16-36-25(35)26-13-12-22(32)31(26)21-5-2-1-4-20(21)24(34)30(26)19-10-11-19/h1-2,4-9,19H,3,10-13,15-16H2/t26-/m0/s1. The van der Waals surface area contributed by atoms with Gasteiger partial charge in [-0.05, 0) is 49.2 Å². The van der Waals surface area contributed by atoms with Gasteiger partial charge in [0.1, 0.15) is 5.82 Å². The van der Waals surface area contributed by atoms with Crippen LogP contribution in [-0.4, -0.2) is 53.4 Å². The second kappa shape index (κ2) is 9.07. The molecule has 2 aromatic rings. The number of fused-ring (bicyclic) bond motifs is 3. The summed E-state index contributed by atoms with van der Waals surface area (Å²) < 4.78 is 18.9. The Labute approximate surface area is 206 Å². The third kappa shape index (κ3) is 3.77. The van der Waals surface area contributed by atoms with Crippen LogP contribution in [0.15, 0.2) is 48.5 Å². The zero-order valence-corrected chi connectivity index (χ0v) is 19.4. The number of anilines is 2. The highest BCUT2D eigenvalue weighted by Gasteiger charge is 2.64. The summed E-state index contributed by atoms with van der Waals surface area (Å²) in [5.41, 5.74) is -0.604. The molecule has 36 heavy (non-hydrogen) atoms. The van der Waals surface area contributed by atoms with Crippen LogP contribution in [0.25, 0.3) is 0 Å². The Hall–Kier alpha value is -4.26. The SMILES string of the molecule is N#CCCN(C(=O)COC(=O)[C@]12CCC(=O)N1c1ccccc1C(=O)N2C1CC1)c1ccc(F)cc1. The number of hydrogen-bond donors (Lipinski definition) is 0. The highest BCUT2D eigenvalue weighted by molar-refractivity contribution is 6.16. The molecule has 1 saturated carbocycles. The molecule has 2 aliphatic heterocycles. The summed E-state index contributed by atoms with van der Waals surface area (Å²) in [7, 11) is 0. The van der Waals surface area contributed by atoms with E-state index < -0.39 is 30.0 Å². The van der Waals surface area contributed by atoms with E-state index in [-0.39, 0.29) is 43.7 Å². The molecule has 1 saturated heterocycles. The van der Waals surface area contributed by atoms with Gasteiger partial charge in [0.05, 0.1) is 23.7 Å². The summed E-state index contributed by atoms with van der Waals surface area (Å²) in [6, 6.07) is 13.6. The maximum atomic E-state index is 13.7. The van der Waals surface area contributed by atoms with E-state index >= 15 is 0 Å². The van der Waals surface area contributed by atoms with Gasteiger partial charge >= 0.3 is 5.97 Å². The summed E-state index contributed by atoms with van der Waals surface area (Å²) in [5, 5.41) is 8.99. The Kier molecular flexibility index (Phi) is 5.92. The van der Waals surface area contributed by atoms with Crippen LogP contribution in [-0.2, 0) is 19.1 Å². The second-order valence-corrected chi connectivity index (χ2v) is 8.98. The number of esters is 1. The number of nitrogens with zero attached hydrogens (tertiary/aromatic N) is 4. The molecule has 0 spiro atoms. The summed E-state index contributed by atoms with van der Waals surface area (Å²) in [4.78, 5) is 57.3. The highest BCUT2D eigenvalue weighted by Crippen LogP contribution is 2.49. The number of hydrogen-bond acceptors (Lipinski definition) is 6. The predicted molar refractivity (Wildman–Crippen MR) is 125 cm³/mol. The Balaban J connectivity index is 1.43. The van der Waals surface area contributed by atoms with E-state index in [1.807, 2.05) is 6.07 Å². The molecular formula is C26H23FN4O5. The van der Waals surface area contributed by atoms with Crippen LogP contribution < -0.4 is 9.80 Å². The van der Waals surface area contributed by atoms with E-state index in [0.29, 0.717) is 29.8 Å². The quantitative estimate of drug-likeness (QED) is 0.552. The van der Waals surface area contributed by atoms with Gasteiger partial charge in [-0.15, -0.1) is 0 Å². The minimum atomic E-state index is -1.66. The lowest BCUT2D eigenvalue weighted by Crippen LogP contribution is -2.69. The van der Waals surface area contributed by atoms with E-state index in [1.54, 1.807) is 24.3 Å². The molecule has 184 valence electrons. The zero-order valence-electron chi connectivity index (χ0n) is 19.4. The van der Waals surface area contributed by atoms with Gasteiger partial charge in [0.25, 0.3) is 11.8 Å². The normalized spacial score (nSPS) is 20.4. The molecule has 0 aromatic heterocycles. The topological polar surface area (TPSA) is 111 Å². The molecule has 9 nitrogen and oxygen atoms in total. The Morgan fingerprint density at radius 1 is 1.14 bits per heavy atom. The largest absolute Gasteiger partial charge is 0.452 e. The summed E-state index contributed by atoms with van der Waals surface area (Å²) in [6.07, 6.45) is 1.54. The number of benzene rings is 2. The van der Waals surface area contributed by atoms with Crippen LogP contribution >= 0.6 is 0 Å². The van der Waals surface area contributed by atoms with Crippen LogP contribution in [0.4, 0.5) is 15.8 Å². The fourth-order valence-electron chi connectivity index (χ4n) is 5.01. The number of rotatable bonds is 7. The Morgan fingerprint density at radius 3 is 2.56 bits per heavy atom. The fraction of sp³-hybridized carbons (Fsp3) is 0.346. The van der Waals surface area contributed by atoms with Gasteiger partial charge in [-0.2, -0.15) is 5.26 Å². The van der Waals surface area contributed by atoms with Gasteiger partial charge in [-0.25, -0.2) is 9.18 Å². The average Bonchev–Trinajstić information content (AvgIpc) is 3.65. The molecule has 2 fully saturated rings. The zero-order chi connectivity index (χ0) is 25.4. The number of amides is 3. The third-order valence-corrected chi connectivity index (χ3v) is 6.75. The lowest BCUT2D eigenvalue weighted by Gasteiger charge is -2.48. The van der Waals surface area contributed by atoms with Gasteiger partial charge in [-0.3, -0.25) is 19.3 Å². The average molecular weight is 490 g/mol. The molecule has 0 N–H and O–H groups in total. The van der Waals surface area contributed by atoms with E-state index in [4.69, 9.17) is 10.00 Å². The number of halogens is 1. The number of carbonyl (C=O) groups excluding carboxylic acids is 4.